The fraction of sp³-hybridized carbons (Fsp3) is 0.333. The number of carbonyl (C=O) groups excluding carboxylic acids is 1. The number of likely N-dealkylation sites (tertiary alicyclic amines) is 1. The van der Waals surface area contributed by atoms with Gasteiger partial charge in [-0.15, -0.1) is 0 Å². The third-order valence-corrected chi connectivity index (χ3v) is 7.21. The monoisotopic (exact) mass is 427 g/mol. The summed E-state index contributed by atoms with van der Waals surface area (Å²) in [6, 6.07) is 14.2. The van der Waals surface area contributed by atoms with E-state index in [0.717, 1.165) is 11.1 Å². The van der Waals surface area contributed by atoms with E-state index in [0.29, 0.717) is 44.6 Å². The Morgan fingerprint density at radius 1 is 1.13 bits per heavy atom. The highest BCUT2D eigenvalue weighted by molar-refractivity contribution is 7.87. The first-order valence-electron chi connectivity index (χ1n) is 9.90. The largest absolute Gasteiger partial charge is 0.384 e. The highest BCUT2D eigenvalue weighted by Gasteiger charge is 2.37. The van der Waals surface area contributed by atoms with Crippen LogP contribution >= 0.6 is 0 Å². The smallest absolute Gasteiger partial charge is 0.280 e. The first kappa shape index (κ1) is 20.5. The van der Waals surface area contributed by atoms with Crippen LogP contribution in [0, 0.1) is 5.41 Å². The molecular weight excluding hydrogens is 402 g/mol. The van der Waals surface area contributed by atoms with Crippen molar-refractivity contribution in [3.05, 3.63) is 70.8 Å². The number of carbonyl (C=O) groups is 1. The highest BCUT2D eigenvalue weighted by atomic mass is 32.2. The fourth-order valence-corrected chi connectivity index (χ4v) is 5.36. The molecule has 0 saturated carbocycles. The van der Waals surface area contributed by atoms with Gasteiger partial charge in [0.1, 0.15) is 11.9 Å². The number of hydrogen-bond donors (Lipinski definition) is 3. The SMILES string of the molecule is N=C(N)c1cccc(CN2CC[C@H](NS(=O)(=O)N3CCc4ccccc4C3)C2=O)c1. The average molecular weight is 428 g/mol. The molecule has 2 aliphatic heterocycles. The van der Waals surface area contributed by atoms with Crippen LogP contribution in [-0.2, 0) is 34.5 Å². The number of nitrogens with two attached hydrogens (primary N) is 1. The van der Waals surface area contributed by atoms with Crippen LogP contribution in [0.25, 0.3) is 0 Å². The molecule has 4 N–H and O–H groups in total. The zero-order chi connectivity index (χ0) is 21.3. The van der Waals surface area contributed by atoms with Gasteiger partial charge in [-0.2, -0.15) is 17.4 Å². The third-order valence-electron chi connectivity index (χ3n) is 5.64. The van der Waals surface area contributed by atoms with E-state index in [-0.39, 0.29) is 11.7 Å². The number of rotatable bonds is 6. The average Bonchev–Trinajstić information content (AvgIpc) is 3.06. The summed E-state index contributed by atoms with van der Waals surface area (Å²) in [6.45, 7) is 1.54. The number of benzene rings is 2. The van der Waals surface area contributed by atoms with Gasteiger partial charge in [0, 0.05) is 31.7 Å². The minimum Gasteiger partial charge on any atom is -0.384 e. The first-order chi connectivity index (χ1) is 14.3. The summed E-state index contributed by atoms with van der Waals surface area (Å²) in [4.78, 5) is 14.4. The van der Waals surface area contributed by atoms with Crippen LogP contribution in [0.3, 0.4) is 0 Å². The maximum Gasteiger partial charge on any atom is 0.280 e. The van der Waals surface area contributed by atoms with Crippen molar-refractivity contribution in [1.29, 1.82) is 5.41 Å². The molecule has 2 aromatic rings. The van der Waals surface area contributed by atoms with Crippen molar-refractivity contribution in [2.24, 2.45) is 5.73 Å². The summed E-state index contributed by atoms with van der Waals surface area (Å²) in [7, 11) is -3.77. The Balaban J connectivity index is 1.40. The second-order valence-corrected chi connectivity index (χ2v) is 9.39. The molecule has 9 heteroatoms. The predicted octanol–water partition coefficient (Wildman–Crippen LogP) is 0.964. The van der Waals surface area contributed by atoms with Gasteiger partial charge in [-0.1, -0.05) is 42.5 Å². The number of nitrogen functional groups attached to an aromatic ring is 1. The molecule has 0 aliphatic carbocycles. The minimum absolute atomic E-state index is 0.0293. The van der Waals surface area contributed by atoms with Gasteiger partial charge in [0.25, 0.3) is 10.2 Å². The Hall–Kier alpha value is -2.75. The molecule has 30 heavy (non-hydrogen) atoms. The number of fused-ring (bicyclic) bond motifs is 1. The molecule has 0 radical (unpaired) electrons. The molecule has 0 spiro atoms. The van der Waals surface area contributed by atoms with Crippen molar-refractivity contribution in [1.82, 2.24) is 13.9 Å². The molecule has 2 heterocycles. The van der Waals surface area contributed by atoms with Crippen LogP contribution in [0.4, 0.5) is 0 Å². The molecule has 4 rings (SSSR count). The summed E-state index contributed by atoms with van der Waals surface area (Å²) in [5, 5.41) is 7.55. The van der Waals surface area contributed by atoms with Crippen molar-refractivity contribution < 1.29 is 13.2 Å². The minimum atomic E-state index is -3.77. The van der Waals surface area contributed by atoms with Crippen LogP contribution in [0.1, 0.15) is 28.7 Å². The van der Waals surface area contributed by atoms with Gasteiger partial charge in [-0.3, -0.25) is 10.2 Å². The lowest BCUT2D eigenvalue weighted by Crippen LogP contribution is -2.49. The predicted molar refractivity (Wildman–Crippen MR) is 114 cm³/mol. The molecule has 1 atom stereocenters. The van der Waals surface area contributed by atoms with Gasteiger partial charge in [0.2, 0.25) is 5.91 Å². The number of amides is 1. The standard InChI is InChI=1S/C21H25N5O3S/c22-20(23)17-7-3-4-15(12-17)13-25-10-9-19(21(25)27)24-30(28,29)26-11-8-16-5-1-2-6-18(16)14-26/h1-7,12,19,24H,8-11,13-14H2,(H3,22,23)/t19-/m0/s1. The van der Waals surface area contributed by atoms with E-state index in [1.807, 2.05) is 30.3 Å². The Kier molecular flexibility index (Phi) is 5.59. The van der Waals surface area contributed by atoms with Crippen LogP contribution in [-0.4, -0.2) is 48.5 Å². The van der Waals surface area contributed by atoms with Crippen molar-refractivity contribution in [2.75, 3.05) is 13.1 Å². The van der Waals surface area contributed by atoms with Crippen LogP contribution in [0.2, 0.25) is 0 Å². The van der Waals surface area contributed by atoms with Gasteiger partial charge >= 0.3 is 0 Å². The van der Waals surface area contributed by atoms with E-state index in [4.69, 9.17) is 11.1 Å². The zero-order valence-electron chi connectivity index (χ0n) is 16.5. The first-order valence-corrected chi connectivity index (χ1v) is 11.3. The third kappa shape index (κ3) is 4.23. The lowest BCUT2D eigenvalue weighted by molar-refractivity contribution is -0.129. The summed E-state index contributed by atoms with van der Waals surface area (Å²) in [5.41, 5.74) is 9.15. The van der Waals surface area contributed by atoms with E-state index in [1.54, 1.807) is 23.1 Å². The Bertz CT molecular complexity index is 1090. The molecular formula is C21H25N5O3S. The van der Waals surface area contributed by atoms with Gasteiger partial charge < -0.3 is 10.6 Å². The molecule has 1 amide bonds. The van der Waals surface area contributed by atoms with Crippen LogP contribution in [0.15, 0.2) is 48.5 Å². The quantitative estimate of drug-likeness (QED) is 0.470. The van der Waals surface area contributed by atoms with Crippen molar-refractivity contribution >= 4 is 22.0 Å². The summed E-state index contributed by atoms with van der Waals surface area (Å²) >= 11 is 0. The van der Waals surface area contributed by atoms with Gasteiger partial charge in [0.05, 0.1) is 0 Å². The number of nitrogens with zero attached hydrogens (tertiary/aromatic N) is 2. The number of amidine groups is 1. The summed E-state index contributed by atoms with van der Waals surface area (Å²) < 4.78 is 29.8. The summed E-state index contributed by atoms with van der Waals surface area (Å²) in [6.07, 6.45) is 1.09. The van der Waals surface area contributed by atoms with Crippen molar-refractivity contribution in [3.8, 4) is 0 Å². The Morgan fingerprint density at radius 3 is 2.67 bits per heavy atom. The second-order valence-electron chi connectivity index (χ2n) is 7.69. The topological polar surface area (TPSA) is 120 Å². The van der Waals surface area contributed by atoms with Gasteiger partial charge in [-0.25, -0.2) is 0 Å². The van der Waals surface area contributed by atoms with E-state index in [1.165, 1.54) is 9.87 Å². The van der Waals surface area contributed by atoms with Crippen molar-refractivity contribution in [2.45, 2.75) is 32.0 Å². The highest BCUT2D eigenvalue weighted by Crippen LogP contribution is 2.22. The van der Waals surface area contributed by atoms with Gasteiger partial charge in [0.15, 0.2) is 0 Å². The molecule has 8 nitrogen and oxygen atoms in total. The second kappa shape index (κ2) is 8.17. The zero-order valence-corrected chi connectivity index (χ0v) is 17.4. The molecule has 158 valence electrons. The number of hydrogen-bond acceptors (Lipinski definition) is 4. The molecule has 2 aliphatic rings. The lowest BCUT2D eigenvalue weighted by Gasteiger charge is -2.29. The molecule has 0 bridgehead atoms. The van der Waals surface area contributed by atoms with E-state index >= 15 is 0 Å². The summed E-state index contributed by atoms with van der Waals surface area (Å²) in [5.74, 6) is -0.262. The molecule has 0 aromatic heterocycles. The number of nitrogens with one attached hydrogen (secondary N) is 2. The van der Waals surface area contributed by atoms with E-state index in [9.17, 15) is 13.2 Å². The normalized spacial score (nSPS) is 19.7. The molecule has 2 aromatic carbocycles. The maximum absolute atomic E-state index is 12.9. The Morgan fingerprint density at radius 2 is 1.90 bits per heavy atom. The molecule has 0 unspecified atom stereocenters. The van der Waals surface area contributed by atoms with Crippen molar-refractivity contribution in [3.63, 3.8) is 0 Å². The Labute approximate surface area is 176 Å². The van der Waals surface area contributed by atoms with Crippen LogP contribution in [0.5, 0.6) is 0 Å². The lowest BCUT2D eigenvalue weighted by atomic mass is 10.0. The maximum atomic E-state index is 12.9. The van der Waals surface area contributed by atoms with Gasteiger partial charge in [-0.05, 0) is 35.6 Å². The molecule has 1 saturated heterocycles. The van der Waals surface area contributed by atoms with E-state index < -0.39 is 16.3 Å². The van der Waals surface area contributed by atoms with E-state index in [2.05, 4.69) is 4.72 Å². The fourth-order valence-electron chi connectivity index (χ4n) is 3.99. The molecule has 1 fully saturated rings. The van der Waals surface area contributed by atoms with Crippen LogP contribution < -0.4 is 10.5 Å².